The smallest absolute Gasteiger partial charge is 0.308 e. The number of esters is 1. The largest absolute Gasteiger partial charge is 0.494 e. The molecule has 3 rings (SSSR count). The van der Waals surface area contributed by atoms with Gasteiger partial charge < -0.3 is 19.7 Å². The first-order chi connectivity index (χ1) is 15.5. The van der Waals surface area contributed by atoms with Gasteiger partial charge in [0.1, 0.15) is 18.4 Å². The van der Waals surface area contributed by atoms with E-state index in [4.69, 9.17) is 21.7 Å². The molecule has 9 heteroatoms. The van der Waals surface area contributed by atoms with E-state index in [1.165, 1.54) is 0 Å². The number of thiocarbonyl (C=S) groups is 1. The van der Waals surface area contributed by atoms with E-state index in [1.54, 1.807) is 29.2 Å². The average molecular weight is 456 g/mol. The van der Waals surface area contributed by atoms with E-state index in [0.29, 0.717) is 31.0 Å². The van der Waals surface area contributed by atoms with E-state index in [1.807, 2.05) is 37.3 Å². The zero-order valence-electron chi connectivity index (χ0n) is 17.7. The fraction of sp³-hybridized carbons (Fsp3) is 0.304. The van der Waals surface area contributed by atoms with Crippen LogP contribution in [0.3, 0.4) is 0 Å². The number of hydrogen-bond acceptors (Lipinski definition) is 6. The molecule has 0 aliphatic carbocycles. The molecule has 168 valence electrons. The van der Waals surface area contributed by atoms with Gasteiger partial charge >= 0.3 is 5.97 Å². The summed E-state index contributed by atoms with van der Waals surface area (Å²) in [5, 5.41) is 5.45. The molecule has 2 N–H and O–H groups in total. The Morgan fingerprint density at radius 2 is 1.88 bits per heavy atom. The van der Waals surface area contributed by atoms with Crippen molar-refractivity contribution in [3.8, 4) is 5.75 Å². The van der Waals surface area contributed by atoms with Crippen molar-refractivity contribution in [2.24, 2.45) is 0 Å². The lowest BCUT2D eigenvalue weighted by Gasteiger charge is -2.36. The Balaban J connectivity index is 1.59. The third-order valence-corrected chi connectivity index (χ3v) is 5.18. The van der Waals surface area contributed by atoms with Gasteiger partial charge in [0.15, 0.2) is 5.11 Å². The Kier molecular flexibility index (Phi) is 8.15. The second-order valence-corrected chi connectivity index (χ2v) is 7.45. The zero-order valence-corrected chi connectivity index (χ0v) is 18.5. The molecule has 0 saturated carbocycles. The number of carbonyl (C=O) groups is 3. The Labute approximate surface area is 191 Å². The van der Waals surface area contributed by atoms with Gasteiger partial charge in [0, 0.05) is 18.7 Å². The van der Waals surface area contributed by atoms with Crippen LogP contribution in [0, 0.1) is 0 Å². The van der Waals surface area contributed by atoms with Crippen molar-refractivity contribution in [2.75, 3.05) is 19.7 Å². The zero-order chi connectivity index (χ0) is 22.9. The van der Waals surface area contributed by atoms with Gasteiger partial charge in [-0.1, -0.05) is 30.3 Å². The topological polar surface area (TPSA) is 97.0 Å². The van der Waals surface area contributed by atoms with E-state index in [2.05, 4.69) is 10.6 Å². The maximum absolute atomic E-state index is 12.6. The van der Waals surface area contributed by atoms with E-state index in [9.17, 15) is 14.4 Å². The van der Waals surface area contributed by atoms with Crippen LogP contribution in [0.1, 0.15) is 29.3 Å². The Hall–Kier alpha value is -3.46. The summed E-state index contributed by atoms with van der Waals surface area (Å²) < 4.78 is 10.7. The lowest BCUT2D eigenvalue weighted by molar-refractivity contribution is -0.148. The van der Waals surface area contributed by atoms with Gasteiger partial charge in [-0.3, -0.25) is 19.7 Å². The summed E-state index contributed by atoms with van der Waals surface area (Å²) in [6, 6.07) is 15.1. The minimum Gasteiger partial charge on any atom is -0.494 e. The van der Waals surface area contributed by atoms with Crippen LogP contribution in [0.15, 0.2) is 54.6 Å². The normalized spacial score (nSPS) is 15.5. The molecule has 2 aromatic rings. The molecule has 1 saturated heterocycles. The molecule has 1 aliphatic heterocycles. The van der Waals surface area contributed by atoms with Gasteiger partial charge in [-0.2, -0.15) is 0 Å². The SMILES string of the molecule is CCOc1ccc(C(=O)NC(=S)N2CCNC(=O)C2CC(=O)OCc2ccccc2)cc1. The van der Waals surface area contributed by atoms with Crippen LogP contribution < -0.4 is 15.4 Å². The monoisotopic (exact) mass is 455 g/mol. The van der Waals surface area contributed by atoms with Crippen molar-refractivity contribution in [1.82, 2.24) is 15.5 Å². The number of rotatable bonds is 7. The van der Waals surface area contributed by atoms with Crippen LogP contribution in [-0.4, -0.2) is 53.5 Å². The minimum atomic E-state index is -0.861. The highest BCUT2D eigenvalue weighted by Crippen LogP contribution is 2.14. The second kappa shape index (κ2) is 11.2. The molecular formula is C23H25N3O5S. The molecule has 0 aromatic heterocycles. The minimum absolute atomic E-state index is 0.0830. The third-order valence-electron chi connectivity index (χ3n) is 4.84. The predicted molar refractivity (Wildman–Crippen MR) is 122 cm³/mol. The molecule has 8 nitrogen and oxygen atoms in total. The number of nitrogens with one attached hydrogen (secondary N) is 2. The first kappa shape index (κ1) is 23.2. The molecular weight excluding hydrogens is 430 g/mol. The lowest BCUT2D eigenvalue weighted by atomic mass is 10.1. The predicted octanol–water partition coefficient (Wildman–Crippen LogP) is 2.03. The second-order valence-electron chi connectivity index (χ2n) is 7.07. The molecule has 1 fully saturated rings. The van der Waals surface area contributed by atoms with Gasteiger partial charge in [-0.05, 0) is 49.0 Å². The van der Waals surface area contributed by atoms with Crippen LogP contribution in [0.4, 0.5) is 0 Å². The molecule has 0 radical (unpaired) electrons. The standard InChI is InChI=1S/C23H25N3O5S/c1-2-30-18-10-8-17(9-11-18)21(28)25-23(32)26-13-12-24-22(29)19(26)14-20(27)31-15-16-6-4-3-5-7-16/h3-11,19H,2,12-15H2,1H3,(H,24,29)(H,25,28,32). The van der Waals surface area contributed by atoms with Crippen molar-refractivity contribution >= 4 is 35.1 Å². The first-order valence-electron chi connectivity index (χ1n) is 10.3. The van der Waals surface area contributed by atoms with Crippen LogP contribution in [0.25, 0.3) is 0 Å². The van der Waals surface area contributed by atoms with Crippen LogP contribution in [0.5, 0.6) is 5.75 Å². The summed E-state index contributed by atoms with van der Waals surface area (Å²) in [6.07, 6.45) is -0.183. The van der Waals surface area contributed by atoms with Crippen LogP contribution in [-0.2, 0) is 20.9 Å². The molecule has 32 heavy (non-hydrogen) atoms. The number of amides is 2. The summed E-state index contributed by atoms with van der Waals surface area (Å²) >= 11 is 5.38. The van der Waals surface area contributed by atoms with Crippen molar-refractivity contribution < 1.29 is 23.9 Å². The molecule has 1 aliphatic rings. The molecule has 1 heterocycles. The Morgan fingerprint density at radius 3 is 2.56 bits per heavy atom. The maximum atomic E-state index is 12.6. The quantitative estimate of drug-likeness (QED) is 0.487. The molecule has 0 bridgehead atoms. The van der Waals surface area contributed by atoms with Gasteiger partial charge in [0.2, 0.25) is 5.91 Å². The number of piperazine rings is 1. The first-order valence-corrected chi connectivity index (χ1v) is 10.7. The summed E-state index contributed by atoms with van der Waals surface area (Å²) in [6.45, 7) is 3.24. The summed E-state index contributed by atoms with van der Waals surface area (Å²) in [7, 11) is 0. The molecule has 2 aromatic carbocycles. The van der Waals surface area contributed by atoms with Crippen LogP contribution >= 0.6 is 12.2 Å². The van der Waals surface area contributed by atoms with E-state index < -0.39 is 17.9 Å². The summed E-state index contributed by atoms with van der Waals surface area (Å²) in [4.78, 5) is 38.9. The molecule has 1 atom stereocenters. The third kappa shape index (κ3) is 6.27. The fourth-order valence-corrected chi connectivity index (χ4v) is 3.54. The van der Waals surface area contributed by atoms with E-state index in [-0.39, 0.29) is 24.0 Å². The molecule has 1 unspecified atom stereocenters. The maximum Gasteiger partial charge on any atom is 0.308 e. The summed E-state index contributed by atoms with van der Waals surface area (Å²) in [5.41, 5.74) is 1.25. The number of nitrogens with zero attached hydrogens (tertiary/aromatic N) is 1. The average Bonchev–Trinajstić information content (AvgIpc) is 2.80. The van der Waals surface area contributed by atoms with Crippen molar-refractivity contribution in [1.29, 1.82) is 0 Å². The van der Waals surface area contributed by atoms with E-state index >= 15 is 0 Å². The van der Waals surface area contributed by atoms with Crippen LogP contribution in [0.2, 0.25) is 0 Å². The van der Waals surface area contributed by atoms with Crippen molar-refractivity contribution in [3.63, 3.8) is 0 Å². The highest BCUT2D eigenvalue weighted by molar-refractivity contribution is 7.80. The Bertz CT molecular complexity index is 965. The number of benzene rings is 2. The molecule has 2 amide bonds. The van der Waals surface area contributed by atoms with Gasteiger partial charge in [0.25, 0.3) is 5.91 Å². The van der Waals surface area contributed by atoms with Crippen molar-refractivity contribution in [3.05, 3.63) is 65.7 Å². The fourth-order valence-electron chi connectivity index (χ4n) is 3.23. The summed E-state index contributed by atoms with van der Waals surface area (Å²) in [5.74, 6) is -0.616. The number of carbonyl (C=O) groups excluding carboxylic acids is 3. The Morgan fingerprint density at radius 1 is 1.16 bits per heavy atom. The number of hydrogen-bond donors (Lipinski definition) is 2. The number of ether oxygens (including phenoxy) is 2. The molecule has 0 spiro atoms. The van der Waals surface area contributed by atoms with Crippen molar-refractivity contribution in [2.45, 2.75) is 26.0 Å². The van der Waals surface area contributed by atoms with Gasteiger partial charge in [-0.25, -0.2) is 0 Å². The highest BCUT2D eigenvalue weighted by Gasteiger charge is 2.34. The highest BCUT2D eigenvalue weighted by atomic mass is 32.1. The lowest BCUT2D eigenvalue weighted by Crippen LogP contribution is -2.60. The van der Waals surface area contributed by atoms with Gasteiger partial charge in [0.05, 0.1) is 13.0 Å². The van der Waals surface area contributed by atoms with E-state index in [0.717, 1.165) is 5.56 Å². The van der Waals surface area contributed by atoms with Gasteiger partial charge in [-0.15, -0.1) is 0 Å².